The van der Waals surface area contributed by atoms with Crippen LogP contribution in [0.1, 0.15) is 26.2 Å². The molecule has 0 bridgehead atoms. The molecule has 4 heteroatoms. The van der Waals surface area contributed by atoms with Crippen LogP contribution < -0.4 is 5.73 Å². The van der Waals surface area contributed by atoms with E-state index in [-0.39, 0.29) is 0 Å². The van der Waals surface area contributed by atoms with Crippen molar-refractivity contribution >= 4 is 17.0 Å². The van der Waals surface area contributed by atoms with E-state index >= 15 is 0 Å². The van der Waals surface area contributed by atoms with Crippen LogP contribution >= 0.6 is 11.8 Å². The first-order chi connectivity index (χ1) is 4.66. The molecule has 3 nitrogen and oxygen atoms in total. The van der Waals surface area contributed by atoms with E-state index < -0.39 is 10.7 Å². The van der Waals surface area contributed by atoms with Gasteiger partial charge in [0.1, 0.15) is 5.44 Å². The number of carbonyl (C=O) groups excluding carboxylic acids is 1. The van der Waals surface area contributed by atoms with E-state index in [1.54, 1.807) is 0 Å². The number of primary amides is 1. The molecule has 3 N–H and O–H groups in total. The minimum atomic E-state index is -0.613. The van der Waals surface area contributed by atoms with Crippen LogP contribution in [0.25, 0.3) is 0 Å². The van der Waals surface area contributed by atoms with Crippen LogP contribution in [0.5, 0.6) is 0 Å². The van der Waals surface area contributed by atoms with Crippen LogP contribution in [0, 0.1) is 0 Å². The van der Waals surface area contributed by atoms with E-state index in [4.69, 9.17) is 10.8 Å². The fourth-order valence-corrected chi connectivity index (χ4v) is 1.12. The van der Waals surface area contributed by atoms with Gasteiger partial charge in [0.15, 0.2) is 0 Å². The molecule has 0 fully saturated rings. The zero-order chi connectivity index (χ0) is 7.98. The van der Waals surface area contributed by atoms with Gasteiger partial charge in [-0.05, 0) is 18.2 Å². The molecule has 0 aromatic carbocycles. The highest BCUT2D eigenvalue weighted by Crippen LogP contribution is 2.13. The highest BCUT2D eigenvalue weighted by atomic mass is 32.2. The van der Waals surface area contributed by atoms with Crippen molar-refractivity contribution in [3.63, 3.8) is 0 Å². The molecule has 0 saturated heterocycles. The molecule has 0 aliphatic carbocycles. The summed E-state index contributed by atoms with van der Waals surface area (Å²) in [5.74, 6) is 0. The Kier molecular flexibility index (Phi) is 5.43. The molecule has 1 unspecified atom stereocenters. The molecule has 1 amide bonds. The highest BCUT2D eigenvalue weighted by Gasteiger charge is 2.06. The van der Waals surface area contributed by atoms with Crippen molar-refractivity contribution in [3.8, 4) is 0 Å². The monoisotopic (exact) mass is 163 g/mol. The summed E-state index contributed by atoms with van der Waals surface area (Å²) in [6, 6.07) is 0. The van der Waals surface area contributed by atoms with Gasteiger partial charge in [0, 0.05) is 0 Å². The standard InChI is InChI=1S/C6H13NO2S/c1-2-3-4-5(8)10-6(7)9/h5,8H,2-4H2,1H3,(H2,7,9). The molecule has 0 rings (SSSR count). The van der Waals surface area contributed by atoms with Crippen molar-refractivity contribution in [1.29, 1.82) is 0 Å². The lowest BCUT2D eigenvalue weighted by Gasteiger charge is -2.04. The summed E-state index contributed by atoms with van der Waals surface area (Å²) in [6.07, 6.45) is 2.60. The second-order valence-corrected chi connectivity index (χ2v) is 3.22. The van der Waals surface area contributed by atoms with Crippen molar-refractivity contribution in [2.45, 2.75) is 31.6 Å². The van der Waals surface area contributed by atoms with Gasteiger partial charge >= 0.3 is 0 Å². The molecular weight excluding hydrogens is 150 g/mol. The van der Waals surface area contributed by atoms with Gasteiger partial charge in [0.05, 0.1) is 0 Å². The summed E-state index contributed by atoms with van der Waals surface area (Å²) in [5, 5.41) is 8.50. The lowest BCUT2D eigenvalue weighted by atomic mass is 10.3. The molecule has 10 heavy (non-hydrogen) atoms. The third kappa shape index (κ3) is 5.91. The molecular formula is C6H13NO2S. The molecule has 0 aromatic heterocycles. The molecule has 0 aliphatic rings. The Hall–Kier alpha value is -0.220. The summed E-state index contributed by atoms with van der Waals surface area (Å²) in [4.78, 5) is 10.2. The van der Waals surface area contributed by atoms with Crippen LogP contribution in [0.2, 0.25) is 0 Å². The molecule has 0 saturated carbocycles. The number of unbranched alkanes of at least 4 members (excludes halogenated alkanes) is 1. The topological polar surface area (TPSA) is 63.3 Å². The Labute approximate surface area is 65.0 Å². The minimum Gasteiger partial charge on any atom is -0.382 e. The first kappa shape index (κ1) is 9.78. The average Bonchev–Trinajstić information content (AvgIpc) is 1.82. The average molecular weight is 163 g/mol. The second-order valence-electron chi connectivity index (χ2n) is 2.03. The Bertz CT molecular complexity index is 108. The maximum atomic E-state index is 10.2. The summed E-state index contributed by atoms with van der Waals surface area (Å²) in [6.45, 7) is 2.03. The Morgan fingerprint density at radius 2 is 2.40 bits per heavy atom. The highest BCUT2D eigenvalue weighted by molar-refractivity contribution is 8.13. The molecule has 0 radical (unpaired) electrons. The Morgan fingerprint density at radius 1 is 1.80 bits per heavy atom. The number of amides is 1. The van der Waals surface area contributed by atoms with E-state index in [1.807, 2.05) is 6.92 Å². The molecule has 0 heterocycles. The fraction of sp³-hybridized carbons (Fsp3) is 0.833. The maximum absolute atomic E-state index is 10.2. The minimum absolute atomic E-state index is 0.511. The number of nitrogens with two attached hydrogens (primary N) is 1. The molecule has 0 aromatic rings. The predicted octanol–water partition coefficient (Wildman–Crippen LogP) is 1.31. The summed E-state index contributed by atoms with van der Waals surface area (Å²) >= 11 is 0.789. The number of rotatable bonds is 4. The van der Waals surface area contributed by atoms with E-state index in [1.165, 1.54) is 0 Å². The summed E-state index contributed by atoms with van der Waals surface area (Å²) in [7, 11) is 0. The fourth-order valence-electron chi connectivity index (χ4n) is 0.572. The third-order valence-electron chi connectivity index (χ3n) is 1.06. The molecule has 60 valence electrons. The van der Waals surface area contributed by atoms with Gasteiger partial charge in [-0.25, -0.2) is 0 Å². The first-order valence-electron chi connectivity index (χ1n) is 3.31. The third-order valence-corrected chi connectivity index (χ3v) is 1.80. The van der Waals surface area contributed by atoms with Crippen LogP contribution in [0.4, 0.5) is 4.79 Å². The van der Waals surface area contributed by atoms with Crippen LogP contribution in [-0.2, 0) is 0 Å². The maximum Gasteiger partial charge on any atom is 0.278 e. The lowest BCUT2D eigenvalue weighted by Crippen LogP contribution is -2.10. The van der Waals surface area contributed by atoms with Gasteiger partial charge in [0.2, 0.25) is 0 Å². The zero-order valence-electron chi connectivity index (χ0n) is 6.04. The van der Waals surface area contributed by atoms with E-state index in [9.17, 15) is 4.79 Å². The van der Waals surface area contributed by atoms with Gasteiger partial charge in [-0.3, -0.25) is 4.79 Å². The van der Waals surface area contributed by atoms with E-state index in [2.05, 4.69) is 0 Å². The van der Waals surface area contributed by atoms with Gasteiger partial charge in [-0.15, -0.1) is 0 Å². The Balaban J connectivity index is 3.25. The number of hydrogen-bond donors (Lipinski definition) is 2. The van der Waals surface area contributed by atoms with Crippen molar-refractivity contribution in [1.82, 2.24) is 0 Å². The van der Waals surface area contributed by atoms with Crippen LogP contribution in [0.3, 0.4) is 0 Å². The van der Waals surface area contributed by atoms with Gasteiger partial charge < -0.3 is 10.8 Å². The van der Waals surface area contributed by atoms with Crippen molar-refractivity contribution < 1.29 is 9.90 Å². The van der Waals surface area contributed by atoms with Crippen molar-refractivity contribution in [2.75, 3.05) is 0 Å². The van der Waals surface area contributed by atoms with Crippen LogP contribution in [0.15, 0.2) is 0 Å². The Morgan fingerprint density at radius 3 is 2.80 bits per heavy atom. The smallest absolute Gasteiger partial charge is 0.278 e. The number of aliphatic hydroxyl groups excluding tert-OH is 1. The molecule has 0 spiro atoms. The summed E-state index contributed by atoms with van der Waals surface area (Å²) in [5.41, 5.74) is 4.22. The van der Waals surface area contributed by atoms with Crippen LogP contribution in [-0.4, -0.2) is 15.8 Å². The van der Waals surface area contributed by atoms with Crippen molar-refractivity contribution in [2.24, 2.45) is 5.73 Å². The predicted molar refractivity (Wildman–Crippen MR) is 42.7 cm³/mol. The van der Waals surface area contributed by atoms with Gasteiger partial charge in [-0.2, -0.15) is 0 Å². The summed E-state index contributed by atoms with van der Waals surface area (Å²) < 4.78 is 0. The molecule has 1 atom stereocenters. The second kappa shape index (κ2) is 5.56. The SMILES string of the molecule is CCCCC(O)SC(N)=O. The van der Waals surface area contributed by atoms with Crippen molar-refractivity contribution in [3.05, 3.63) is 0 Å². The number of hydrogen-bond acceptors (Lipinski definition) is 3. The molecule has 0 aliphatic heterocycles. The quantitative estimate of drug-likeness (QED) is 0.614. The van der Waals surface area contributed by atoms with Gasteiger partial charge in [-0.1, -0.05) is 19.8 Å². The number of thioether (sulfide) groups is 1. The van der Waals surface area contributed by atoms with E-state index in [0.29, 0.717) is 6.42 Å². The zero-order valence-corrected chi connectivity index (χ0v) is 6.86. The van der Waals surface area contributed by atoms with E-state index in [0.717, 1.165) is 24.6 Å². The number of carbonyl (C=O) groups is 1. The normalized spacial score (nSPS) is 13.0. The number of aliphatic hydroxyl groups is 1. The van der Waals surface area contributed by atoms with Gasteiger partial charge in [0.25, 0.3) is 5.24 Å². The lowest BCUT2D eigenvalue weighted by molar-refractivity contribution is 0.245. The largest absolute Gasteiger partial charge is 0.382 e. The first-order valence-corrected chi connectivity index (χ1v) is 4.19.